The van der Waals surface area contributed by atoms with Gasteiger partial charge in [0.05, 0.1) is 5.56 Å². The third-order valence-corrected chi connectivity index (χ3v) is 2.61. The van der Waals surface area contributed by atoms with Gasteiger partial charge in [0.1, 0.15) is 5.82 Å². The summed E-state index contributed by atoms with van der Waals surface area (Å²) in [4.78, 5) is 5.58. The van der Waals surface area contributed by atoms with E-state index in [0.29, 0.717) is 26.1 Å². The second-order valence-electron chi connectivity index (χ2n) is 4.85. The molecule has 0 amide bonds. The lowest BCUT2D eigenvalue weighted by molar-refractivity contribution is -0.137. The smallest absolute Gasteiger partial charge is 0.356 e. The largest absolute Gasteiger partial charge is 0.419 e. The van der Waals surface area contributed by atoms with Crippen LogP contribution in [0, 0.1) is 5.92 Å². The number of nitrogens with zero attached hydrogens (tertiary/aromatic N) is 2. The summed E-state index contributed by atoms with van der Waals surface area (Å²) in [7, 11) is 0. The van der Waals surface area contributed by atoms with Crippen LogP contribution in [0.25, 0.3) is 0 Å². The summed E-state index contributed by atoms with van der Waals surface area (Å²) in [6.07, 6.45) is -2.36. The van der Waals surface area contributed by atoms with E-state index in [2.05, 4.69) is 4.98 Å². The Morgan fingerprint density at radius 3 is 2.58 bits per heavy atom. The van der Waals surface area contributed by atoms with Gasteiger partial charge >= 0.3 is 6.18 Å². The molecule has 0 aliphatic rings. The summed E-state index contributed by atoms with van der Waals surface area (Å²) in [6.45, 7) is 5.38. The van der Waals surface area contributed by atoms with E-state index in [1.54, 1.807) is 4.90 Å². The highest BCUT2D eigenvalue weighted by Gasteiger charge is 2.35. The van der Waals surface area contributed by atoms with Crippen molar-refractivity contribution in [1.29, 1.82) is 0 Å². The maximum Gasteiger partial charge on any atom is 0.419 e. The average molecular weight is 275 g/mol. The molecular formula is C13H20F3N3. The fourth-order valence-electron chi connectivity index (χ4n) is 1.88. The van der Waals surface area contributed by atoms with Crippen LogP contribution in [-0.2, 0) is 6.18 Å². The van der Waals surface area contributed by atoms with Gasteiger partial charge in [-0.15, -0.1) is 0 Å². The second-order valence-corrected chi connectivity index (χ2v) is 4.85. The average Bonchev–Trinajstić information content (AvgIpc) is 2.33. The molecule has 1 rings (SSSR count). The Morgan fingerprint density at radius 1 is 1.37 bits per heavy atom. The van der Waals surface area contributed by atoms with Crippen LogP contribution < -0.4 is 10.6 Å². The Labute approximate surface area is 111 Å². The molecule has 0 atom stereocenters. The van der Waals surface area contributed by atoms with Crippen LogP contribution in [0.2, 0.25) is 0 Å². The molecule has 108 valence electrons. The first-order chi connectivity index (χ1) is 8.86. The Kier molecular flexibility index (Phi) is 5.60. The zero-order chi connectivity index (χ0) is 14.5. The number of nitrogens with two attached hydrogens (primary N) is 1. The van der Waals surface area contributed by atoms with Crippen LogP contribution in [0.3, 0.4) is 0 Å². The second kappa shape index (κ2) is 6.75. The van der Waals surface area contributed by atoms with Gasteiger partial charge in [0.15, 0.2) is 0 Å². The highest BCUT2D eigenvalue weighted by atomic mass is 19.4. The van der Waals surface area contributed by atoms with Crippen LogP contribution in [0.15, 0.2) is 18.3 Å². The Balaban J connectivity index is 3.07. The molecular weight excluding hydrogens is 255 g/mol. The van der Waals surface area contributed by atoms with E-state index < -0.39 is 11.7 Å². The number of hydrogen-bond acceptors (Lipinski definition) is 3. The van der Waals surface area contributed by atoms with Crippen molar-refractivity contribution in [3.63, 3.8) is 0 Å². The van der Waals surface area contributed by atoms with E-state index in [1.165, 1.54) is 12.3 Å². The van der Waals surface area contributed by atoms with Gasteiger partial charge in [-0.2, -0.15) is 13.2 Å². The molecule has 0 saturated carbocycles. The van der Waals surface area contributed by atoms with Gasteiger partial charge in [-0.25, -0.2) is 4.98 Å². The van der Waals surface area contributed by atoms with Gasteiger partial charge in [-0.05, 0) is 31.0 Å². The zero-order valence-corrected chi connectivity index (χ0v) is 11.2. The number of hydrogen-bond donors (Lipinski definition) is 1. The van der Waals surface area contributed by atoms with Gasteiger partial charge in [0.25, 0.3) is 0 Å². The van der Waals surface area contributed by atoms with Gasteiger partial charge in [0.2, 0.25) is 0 Å². The molecule has 1 aromatic rings. The molecule has 3 nitrogen and oxygen atoms in total. The molecule has 0 radical (unpaired) electrons. The van der Waals surface area contributed by atoms with Crippen molar-refractivity contribution >= 4 is 5.82 Å². The molecule has 0 aromatic carbocycles. The summed E-state index contributed by atoms with van der Waals surface area (Å²) in [5.41, 5.74) is 4.75. The van der Waals surface area contributed by atoms with Crippen molar-refractivity contribution in [3.05, 3.63) is 23.9 Å². The molecule has 0 spiro atoms. The SMILES string of the molecule is CC(C)CN(CCCN)c1ncccc1C(F)(F)F. The van der Waals surface area contributed by atoms with Gasteiger partial charge in [-0.1, -0.05) is 13.8 Å². The van der Waals surface area contributed by atoms with Crippen LogP contribution in [-0.4, -0.2) is 24.6 Å². The first-order valence-corrected chi connectivity index (χ1v) is 6.33. The number of alkyl halides is 3. The molecule has 0 saturated heterocycles. The maximum atomic E-state index is 13.0. The number of halogens is 3. The van der Waals surface area contributed by atoms with Gasteiger partial charge < -0.3 is 10.6 Å². The summed E-state index contributed by atoms with van der Waals surface area (Å²) in [6, 6.07) is 2.38. The summed E-state index contributed by atoms with van der Waals surface area (Å²) in [5.74, 6) is 0.248. The molecule has 0 aliphatic carbocycles. The Morgan fingerprint density at radius 2 is 2.05 bits per heavy atom. The van der Waals surface area contributed by atoms with Gasteiger partial charge in [0, 0.05) is 19.3 Å². The summed E-state index contributed by atoms with van der Waals surface area (Å²) < 4.78 is 38.9. The normalized spacial score (nSPS) is 11.9. The fourth-order valence-corrected chi connectivity index (χ4v) is 1.88. The van der Waals surface area contributed by atoms with Crippen molar-refractivity contribution in [3.8, 4) is 0 Å². The molecule has 1 aromatic heterocycles. The van der Waals surface area contributed by atoms with Crippen LogP contribution in [0.5, 0.6) is 0 Å². The van der Waals surface area contributed by atoms with E-state index in [9.17, 15) is 13.2 Å². The lowest BCUT2D eigenvalue weighted by Gasteiger charge is -2.27. The summed E-state index contributed by atoms with van der Waals surface area (Å²) in [5, 5.41) is 0. The lowest BCUT2D eigenvalue weighted by atomic mass is 10.1. The topological polar surface area (TPSA) is 42.1 Å². The summed E-state index contributed by atoms with van der Waals surface area (Å²) >= 11 is 0. The predicted octanol–water partition coefficient (Wildman–Crippen LogP) is 2.91. The Bertz CT molecular complexity index is 391. The van der Waals surface area contributed by atoms with E-state index in [0.717, 1.165) is 6.07 Å². The monoisotopic (exact) mass is 275 g/mol. The highest BCUT2D eigenvalue weighted by Crippen LogP contribution is 2.35. The van der Waals surface area contributed by atoms with Crippen molar-refractivity contribution in [2.45, 2.75) is 26.4 Å². The zero-order valence-electron chi connectivity index (χ0n) is 11.2. The number of pyridine rings is 1. The van der Waals surface area contributed by atoms with Crippen LogP contribution in [0.4, 0.5) is 19.0 Å². The number of anilines is 1. The van der Waals surface area contributed by atoms with Crippen molar-refractivity contribution in [2.24, 2.45) is 11.7 Å². The van der Waals surface area contributed by atoms with Crippen LogP contribution >= 0.6 is 0 Å². The molecule has 0 aliphatic heterocycles. The fraction of sp³-hybridized carbons (Fsp3) is 0.615. The molecule has 0 unspecified atom stereocenters. The van der Waals surface area contributed by atoms with E-state index in [4.69, 9.17) is 5.73 Å². The number of rotatable bonds is 6. The predicted molar refractivity (Wildman–Crippen MR) is 70.0 cm³/mol. The van der Waals surface area contributed by atoms with E-state index in [-0.39, 0.29) is 11.7 Å². The Hall–Kier alpha value is -1.30. The van der Waals surface area contributed by atoms with Crippen molar-refractivity contribution in [2.75, 3.05) is 24.5 Å². The minimum Gasteiger partial charge on any atom is -0.356 e. The molecule has 19 heavy (non-hydrogen) atoms. The van der Waals surface area contributed by atoms with Crippen LogP contribution in [0.1, 0.15) is 25.8 Å². The van der Waals surface area contributed by atoms with Crippen molar-refractivity contribution in [1.82, 2.24) is 4.98 Å². The number of aromatic nitrogens is 1. The lowest BCUT2D eigenvalue weighted by Crippen LogP contribution is -2.32. The van der Waals surface area contributed by atoms with E-state index in [1.807, 2.05) is 13.8 Å². The first kappa shape index (κ1) is 15.8. The molecule has 1 heterocycles. The quantitative estimate of drug-likeness (QED) is 0.868. The molecule has 6 heteroatoms. The third kappa shape index (κ3) is 4.70. The standard InChI is InChI=1S/C13H20F3N3/c1-10(2)9-19(8-4-6-17)12-11(13(14,15)16)5-3-7-18-12/h3,5,7,10H,4,6,8-9,17H2,1-2H3. The minimum absolute atomic E-state index is 0.00264. The highest BCUT2D eigenvalue weighted by molar-refractivity contribution is 5.48. The van der Waals surface area contributed by atoms with E-state index >= 15 is 0 Å². The molecule has 2 N–H and O–H groups in total. The van der Waals surface area contributed by atoms with Crippen molar-refractivity contribution < 1.29 is 13.2 Å². The molecule has 0 fully saturated rings. The maximum absolute atomic E-state index is 13.0. The first-order valence-electron chi connectivity index (χ1n) is 6.33. The van der Waals surface area contributed by atoms with Gasteiger partial charge in [-0.3, -0.25) is 0 Å². The third-order valence-electron chi connectivity index (χ3n) is 2.61. The molecule has 0 bridgehead atoms. The minimum atomic E-state index is -4.39.